The Labute approximate surface area is 382 Å². The highest BCUT2D eigenvalue weighted by atomic mass is 16.6. The minimum atomic E-state index is -0.805. The van der Waals surface area contributed by atoms with E-state index in [9.17, 15) is 14.4 Å². The normalized spacial score (nSPS) is 12.6. The molecule has 0 aromatic rings. The summed E-state index contributed by atoms with van der Waals surface area (Å²) in [5, 5.41) is 0. The Balaban J connectivity index is 4.48. The first-order valence-corrected chi connectivity index (χ1v) is 25.9. The van der Waals surface area contributed by atoms with Gasteiger partial charge in [-0.25, -0.2) is 0 Å². The molecule has 0 heterocycles. The Morgan fingerprint density at radius 2 is 0.613 bits per heavy atom. The van der Waals surface area contributed by atoms with Gasteiger partial charge in [0.15, 0.2) is 6.10 Å². The van der Waals surface area contributed by atoms with Gasteiger partial charge in [0.2, 0.25) is 0 Å². The fraction of sp³-hybridized carbons (Fsp3) is 0.732. The predicted molar refractivity (Wildman–Crippen MR) is 265 cm³/mol. The third-order valence-corrected chi connectivity index (χ3v) is 10.9. The van der Waals surface area contributed by atoms with Crippen LogP contribution in [0.3, 0.4) is 0 Å². The van der Waals surface area contributed by atoms with E-state index in [2.05, 4.69) is 87.6 Å². The summed E-state index contributed by atoms with van der Waals surface area (Å²) in [7, 11) is 0. The largest absolute Gasteiger partial charge is 0.462 e. The Kier molecular flexibility index (Phi) is 47.9. The summed E-state index contributed by atoms with van der Waals surface area (Å²) in [6, 6.07) is 0. The summed E-state index contributed by atoms with van der Waals surface area (Å²) in [6.45, 7) is 6.52. The molecule has 0 rings (SSSR count). The highest BCUT2D eigenvalue weighted by molar-refractivity contribution is 5.71. The van der Waals surface area contributed by atoms with Crippen molar-refractivity contribution in [2.24, 2.45) is 0 Å². The highest BCUT2D eigenvalue weighted by Gasteiger charge is 2.19. The highest BCUT2D eigenvalue weighted by Crippen LogP contribution is 2.14. The van der Waals surface area contributed by atoms with Gasteiger partial charge in [0.1, 0.15) is 13.2 Å². The molecule has 0 aromatic heterocycles. The molecule has 62 heavy (non-hydrogen) atoms. The predicted octanol–water partition coefficient (Wildman–Crippen LogP) is 17.0. The maximum Gasteiger partial charge on any atom is 0.306 e. The summed E-state index contributed by atoms with van der Waals surface area (Å²) in [6.07, 6.45) is 63.2. The van der Waals surface area contributed by atoms with Crippen molar-refractivity contribution in [1.82, 2.24) is 0 Å². The van der Waals surface area contributed by atoms with Crippen LogP contribution in [0.1, 0.15) is 245 Å². The van der Waals surface area contributed by atoms with E-state index in [0.29, 0.717) is 19.3 Å². The molecule has 1 atom stereocenters. The monoisotopic (exact) mass is 865 g/mol. The molecule has 0 radical (unpaired) electrons. The quantitative estimate of drug-likeness (QED) is 0.0262. The van der Waals surface area contributed by atoms with Gasteiger partial charge in [-0.15, -0.1) is 0 Å². The number of esters is 3. The van der Waals surface area contributed by atoms with Gasteiger partial charge in [-0.05, 0) is 83.5 Å². The van der Waals surface area contributed by atoms with Crippen molar-refractivity contribution in [3.8, 4) is 0 Å². The summed E-state index contributed by atoms with van der Waals surface area (Å²) in [4.78, 5) is 37.9. The number of hydrogen-bond acceptors (Lipinski definition) is 6. The van der Waals surface area contributed by atoms with E-state index >= 15 is 0 Å². The second kappa shape index (κ2) is 50.5. The minimum Gasteiger partial charge on any atom is -0.462 e. The molecule has 0 fully saturated rings. The molecule has 0 aliphatic rings. The summed E-state index contributed by atoms with van der Waals surface area (Å²) >= 11 is 0. The number of ether oxygens (including phenoxy) is 3. The molecule has 0 saturated carbocycles. The maximum atomic E-state index is 12.8. The van der Waals surface area contributed by atoms with Gasteiger partial charge in [-0.2, -0.15) is 0 Å². The van der Waals surface area contributed by atoms with Crippen LogP contribution in [0.5, 0.6) is 0 Å². The van der Waals surface area contributed by atoms with E-state index < -0.39 is 6.10 Å². The number of allylic oxidation sites excluding steroid dienone is 12. The first-order chi connectivity index (χ1) is 30.5. The molecule has 0 spiro atoms. The standard InChI is InChI=1S/C56H96O6/c1-4-7-10-13-16-19-22-25-26-27-28-29-30-32-35-37-40-43-46-49-55(58)61-52-53(62-56(59)50-47-44-41-38-33-24-21-18-15-12-9-6-3)51-60-54(57)48-45-42-39-36-34-31-23-20-17-14-11-8-5-2/h16,19-20,23,25-26,28-29,32,35,40,43,53H,4-15,17-18,21-22,24,27,30-31,33-34,36-39,41-42,44-52H2,1-3H3/b19-16-,23-20-,26-25-,29-28-,35-32-,43-40-/t53-/m0/s1. The van der Waals surface area contributed by atoms with Gasteiger partial charge in [0.25, 0.3) is 0 Å². The first kappa shape index (κ1) is 58.9. The van der Waals surface area contributed by atoms with E-state index in [1.807, 2.05) is 6.08 Å². The van der Waals surface area contributed by atoms with Gasteiger partial charge in [0, 0.05) is 19.3 Å². The van der Waals surface area contributed by atoms with Gasteiger partial charge >= 0.3 is 17.9 Å². The van der Waals surface area contributed by atoms with Crippen molar-refractivity contribution in [3.63, 3.8) is 0 Å². The fourth-order valence-electron chi connectivity index (χ4n) is 7.01. The zero-order valence-corrected chi connectivity index (χ0v) is 40.6. The lowest BCUT2D eigenvalue weighted by Gasteiger charge is -2.18. The van der Waals surface area contributed by atoms with Crippen LogP contribution in [0.25, 0.3) is 0 Å². The van der Waals surface area contributed by atoms with Crippen molar-refractivity contribution >= 4 is 17.9 Å². The van der Waals surface area contributed by atoms with Gasteiger partial charge in [-0.1, -0.05) is 216 Å². The molecular weight excluding hydrogens is 769 g/mol. The summed E-state index contributed by atoms with van der Waals surface area (Å²) in [5.41, 5.74) is 0. The van der Waals surface area contributed by atoms with Gasteiger partial charge in [-0.3, -0.25) is 14.4 Å². The number of carbonyl (C=O) groups is 3. The number of carbonyl (C=O) groups excluding carboxylic acids is 3. The lowest BCUT2D eigenvalue weighted by atomic mass is 10.0. The van der Waals surface area contributed by atoms with Crippen LogP contribution in [0.2, 0.25) is 0 Å². The molecule has 0 bridgehead atoms. The average molecular weight is 865 g/mol. The minimum absolute atomic E-state index is 0.101. The SMILES string of the molecule is CCCCC/C=C\C/C=C\C/C=C\C/C=C\C/C=C\CCC(=O)OC[C@H](COC(=O)CCCCCCC/C=C\CCCCCC)OC(=O)CCCCCCCCCCCCCC. The van der Waals surface area contributed by atoms with Crippen molar-refractivity contribution in [2.45, 2.75) is 252 Å². The molecule has 6 nitrogen and oxygen atoms in total. The van der Waals surface area contributed by atoms with Crippen LogP contribution < -0.4 is 0 Å². The number of unbranched alkanes of at least 4 members (excludes halogenated alkanes) is 23. The average Bonchev–Trinajstić information content (AvgIpc) is 3.27. The van der Waals surface area contributed by atoms with Crippen LogP contribution in [0.15, 0.2) is 72.9 Å². The molecule has 0 unspecified atom stereocenters. The Bertz CT molecular complexity index is 1180. The molecular formula is C56H96O6. The lowest BCUT2D eigenvalue weighted by Crippen LogP contribution is -2.30. The molecule has 6 heteroatoms. The molecule has 0 aromatic carbocycles. The van der Waals surface area contributed by atoms with E-state index in [1.54, 1.807) is 0 Å². The Hall–Kier alpha value is -3.15. The van der Waals surface area contributed by atoms with Crippen LogP contribution in [-0.2, 0) is 28.6 Å². The summed E-state index contributed by atoms with van der Waals surface area (Å²) < 4.78 is 16.7. The number of hydrogen-bond donors (Lipinski definition) is 0. The second-order valence-corrected chi connectivity index (χ2v) is 17.1. The van der Waals surface area contributed by atoms with Crippen LogP contribution in [0.4, 0.5) is 0 Å². The van der Waals surface area contributed by atoms with Crippen molar-refractivity contribution in [3.05, 3.63) is 72.9 Å². The maximum absolute atomic E-state index is 12.8. The lowest BCUT2D eigenvalue weighted by molar-refractivity contribution is -0.166. The first-order valence-electron chi connectivity index (χ1n) is 25.9. The van der Waals surface area contributed by atoms with E-state index in [-0.39, 0.29) is 37.5 Å². The number of rotatable bonds is 46. The third kappa shape index (κ3) is 47.9. The molecule has 0 N–H and O–H groups in total. The van der Waals surface area contributed by atoms with Crippen molar-refractivity contribution in [2.75, 3.05) is 13.2 Å². The van der Waals surface area contributed by atoms with Gasteiger partial charge < -0.3 is 14.2 Å². The molecule has 356 valence electrons. The molecule has 0 aliphatic heterocycles. The van der Waals surface area contributed by atoms with Crippen LogP contribution in [-0.4, -0.2) is 37.2 Å². The van der Waals surface area contributed by atoms with Crippen molar-refractivity contribution in [1.29, 1.82) is 0 Å². The van der Waals surface area contributed by atoms with E-state index in [1.165, 1.54) is 128 Å². The van der Waals surface area contributed by atoms with Crippen LogP contribution in [0, 0.1) is 0 Å². The van der Waals surface area contributed by atoms with E-state index in [0.717, 1.165) is 70.6 Å². The van der Waals surface area contributed by atoms with Gasteiger partial charge in [0.05, 0.1) is 0 Å². The smallest absolute Gasteiger partial charge is 0.306 e. The fourth-order valence-corrected chi connectivity index (χ4v) is 7.01. The summed E-state index contributed by atoms with van der Waals surface area (Å²) in [5.74, 6) is -0.993. The van der Waals surface area contributed by atoms with Crippen LogP contribution >= 0.6 is 0 Å². The molecule has 0 saturated heterocycles. The van der Waals surface area contributed by atoms with Crippen molar-refractivity contribution < 1.29 is 28.6 Å². The zero-order chi connectivity index (χ0) is 45.1. The third-order valence-electron chi connectivity index (χ3n) is 10.9. The Morgan fingerprint density at radius 1 is 0.323 bits per heavy atom. The van der Waals surface area contributed by atoms with E-state index in [4.69, 9.17) is 14.2 Å². The zero-order valence-electron chi connectivity index (χ0n) is 40.6. The topological polar surface area (TPSA) is 78.9 Å². The molecule has 0 amide bonds. The Morgan fingerprint density at radius 3 is 1.06 bits per heavy atom. The second-order valence-electron chi connectivity index (χ2n) is 17.1. The molecule has 0 aliphatic carbocycles.